The Balaban J connectivity index is 0. The van der Waals surface area contributed by atoms with E-state index in [1.807, 2.05) is 0 Å². The van der Waals surface area contributed by atoms with E-state index in [2.05, 4.69) is 21.1 Å². The molecule has 46 valence electrons. The minimum Gasteiger partial charge on any atom is -0.391 e. The van der Waals surface area contributed by atoms with Crippen molar-refractivity contribution in [1.29, 1.82) is 0 Å². The topological polar surface area (TPSA) is 20.2 Å². The average Bonchev–Trinajstić information content (AvgIpc) is 1.30. The predicted molar refractivity (Wildman–Crippen MR) is 35.7 cm³/mol. The smallest absolute Gasteiger partial charge is 0.391 e. The number of likely N-dealkylation sites (N-methyl/N-ethyl adjacent to an activating group) is 1. The second-order valence-corrected chi connectivity index (χ2v) is 2.74. The standard InChI is InChI=1S/C5H14NO.Pb/c1-6(2,3)4-5-7;/h7H,4-5H2,1-3H3;/q+1;+2. The van der Waals surface area contributed by atoms with Crippen molar-refractivity contribution in [2.24, 2.45) is 0 Å². The number of nitrogens with zero attached hydrogens (tertiary/aromatic N) is 1. The van der Waals surface area contributed by atoms with E-state index in [0.717, 1.165) is 11.0 Å². The van der Waals surface area contributed by atoms with E-state index in [4.69, 9.17) is 5.11 Å². The number of quaternary nitrogens is 1. The maximum atomic E-state index is 8.39. The van der Waals surface area contributed by atoms with Gasteiger partial charge in [-0.25, -0.2) is 0 Å². The average molecular weight is 311 g/mol. The summed E-state index contributed by atoms with van der Waals surface area (Å²) in [7, 11) is 6.16. The summed E-state index contributed by atoms with van der Waals surface area (Å²) in [5.41, 5.74) is 0. The molecule has 3 heteroatoms. The molecule has 0 amide bonds. The van der Waals surface area contributed by atoms with Crippen LogP contribution in [0.25, 0.3) is 0 Å². The van der Waals surface area contributed by atoms with Crippen molar-refractivity contribution < 1.29 is 9.59 Å². The monoisotopic (exact) mass is 312 g/mol. The molecule has 2 radical (unpaired) electrons. The van der Waals surface area contributed by atoms with Crippen molar-refractivity contribution >= 4 is 27.3 Å². The maximum Gasteiger partial charge on any atom is 2.00 e. The number of hydrogen-bond acceptors (Lipinski definition) is 1. The second kappa shape index (κ2) is 4.70. The first-order valence-electron chi connectivity index (χ1n) is 2.47. The van der Waals surface area contributed by atoms with Crippen LogP contribution in [-0.2, 0) is 0 Å². The van der Waals surface area contributed by atoms with Crippen LogP contribution in [-0.4, -0.2) is 71.2 Å². The molecule has 0 bridgehead atoms. The van der Waals surface area contributed by atoms with Crippen molar-refractivity contribution in [1.82, 2.24) is 0 Å². The van der Waals surface area contributed by atoms with Crippen molar-refractivity contribution in [3.05, 3.63) is 0 Å². The molecule has 1 N–H and O–H groups in total. The van der Waals surface area contributed by atoms with Crippen molar-refractivity contribution in [3.63, 3.8) is 0 Å². The third-order valence-electron chi connectivity index (χ3n) is 0.771. The molecular formula is C5H14NOPb+3. The summed E-state index contributed by atoms with van der Waals surface area (Å²) in [4.78, 5) is 0. The third kappa shape index (κ3) is 9.96. The molecule has 0 fully saturated rings. The van der Waals surface area contributed by atoms with Crippen molar-refractivity contribution in [3.8, 4) is 0 Å². The quantitative estimate of drug-likeness (QED) is 0.528. The molecule has 0 saturated carbocycles. The molecule has 0 aromatic carbocycles. The Morgan fingerprint density at radius 1 is 1.25 bits per heavy atom. The van der Waals surface area contributed by atoms with Gasteiger partial charge in [-0.2, -0.15) is 0 Å². The van der Waals surface area contributed by atoms with E-state index in [-0.39, 0.29) is 33.9 Å². The van der Waals surface area contributed by atoms with E-state index in [9.17, 15) is 0 Å². The molecule has 0 rings (SSSR count). The van der Waals surface area contributed by atoms with E-state index in [0.29, 0.717) is 0 Å². The summed E-state index contributed by atoms with van der Waals surface area (Å²) in [6, 6.07) is 0. The van der Waals surface area contributed by atoms with Gasteiger partial charge in [0.25, 0.3) is 0 Å². The van der Waals surface area contributed by atoms with Crippen LogP contribution in [0.5, 0.6) is 0 Å². The normalized spacial score (nSPS) is 10.5. The van der Waals surface area contributed by atoms with Crippen LogP contribution < -0.4 is 0 Å². The number of rotatable bonds is 2. The summed E-state index contributed by atoms with van der Waals surface area (Å²) in [5.74, 6) is 0. The van der Waals surface area contributed by atoms with Gasteiger partial charge in [0.2, 0.25) is 0 Å². The van der Waals surface area contributed by atoms with Crippen LogP contribution in [0, 0.1) is 0 Å². The summed E-state index contributed by atoms with van der Waals surface area (Å²) < 4.78 is 0.844. The fraction of sp³-hybridized carbons (Fsp3) is 1.00. The Bertz CT molecular complexity index is 50.9. The zero-order valence-electron chi connectivity index (χ0n) is 5.81. The van der Waals surface area contributed by atoms with Crippen LogP contribution in [0.4, 0.5) is 0 Å². The molecule has 0 aliphatic rings. The van der Waals surface area contributed by atoms with Crippen LogP contribution in [0.2, 0.25) is 0 Å². The molecule has 0 saturated heterocycles. The van der Waals surface area contributed by atoms with Crippen LogP contribution in [0.15, 0.2) is 0 Å². The van der Waals surface area contributed by atoms with Crippen LogP contribution in [0.1, 0.15) is 0 Å². The molecule has 0 atom stereocenters. The molecule has 0 aromatic heterocycles. The summed E-state index contributed by atoms with van der Waals surface area (Å²) in [6.45, 7) is 1.11. The molecule has 0 heterocycles. The summed E-state index contributed by atoms with van der Waals surface area (Å²) in [6.07, 6.45) is 0. The molecule has 0 spiro atoms. The Morgan fingerprint density at radius 3 is 1.62 bits per heavy atom. The van der Waals surface area contributed by atoms with E-state index in [1.54, 1.807) is 0 Å². The Morgan fingerprint density at radius 2 is 1.62 bits per heavy atom. The molecular weight excluding hydrogens is 297 g/mol. The predicted octanol–water partition coefficient (Wildman–Crippen LogP) is -0.696. The van der Waals surface area contributed by atoms with Crippen LogP contribution >= 0.6 is 0 Å². The van der Waals surface area contributed by atoms with Crippen molar-refractivity contribution in [2.45, 2.75) is 0 Å². The number of aliphatic hydroxyl groups is 1. The Hall–Kier alpha value is 0.842. The molecule has 0 aliphatic heterocycles. The minimum absolute atomic E-state index is 0. The second-order valence-electron chi connectivity index (χ2n) is 2.74. The summed E-state index contributed by atoms with van der Waals surface area (Å²) >= 11 is 0. The third-order valence-corrected chi connectivity index (χ3v) is 0.771. The molecule has 8 heavy (non-hydrogen) atoms. The number of aliphatic hydroxyl groups excluding tert-OH is 1. The van der Waals surface area contributed by atoms with Gasteiger partial charge in [-0.3, -0.25) is 0 Å². The van der Waals surface area contributed by atoms with E-state index in [1.165, 1.54) is 0 Å². The number of hydrogen-bond donors (Lipinski definition) is 1. The van der Waals surface area contributed by atoms with Crippen molar-refractivity contribution in [2.75, 3.05) is 34.3 Å². The zero-order chi connectivity index (χ0) is 5.91. The van der Waals surface area contributed by atoms with Gasteiger partial charge in [0, 0.05) is 0 Å². The SMILES string of the molecule is C[N+](C)(C)CCO.[Pb+2]. The van der Waals surface area contributed by atoms with Gasteiger partial charge in [0.05, 0.1) is 27.7 Å². The Kier molecular flexibility index (Phi) is 6.82. The first-order chi connectivity index (χ1) is 3.06. The Labute approximate surface area is 71.2 Å². The zero-order valence-corrected chi connectivity index (χ0v) is 9.70. The molecule has 2 nitrogen and oxygen atoms in total. The first kappa shape index (κ1) is 11.6. The fourth-order valence-electron chi connectivity index (χ4n) is 0.300. The first-order valence-corrected chi connectivity index (χ1v) is 2.47. The largest absolute Gasteiger partial charge is 2.00 e. The molecule has 0 aliphatic carbocycles. The van der Waals surface area contributed by atoms with Gasteiger partial charge in [-0.15, -0.1) is 0 Å². The van der Waals surface area contributed by atoms with Gasteiger partial charge in [0.1, 0.15) is 6.54 Å². The van der Waals surface area contributed by atoms with Gasteiger partial charge in [-0.05, 0) is 0 Å². The maximum absolute atomic E-state index is 8.39. The molecule has 0 unspecified atom stereocenters. The summed E-state index contributed by atoms with van der Waals surface area (Å²) in [5, 5.41) is 8.39. The fourth-order valence-corrected chi connectivity index (χ4v) is 0.300. The van der Waals surface area contributed by atoms with Gasteiger partial charge in [0.15, 0.2) is 0 Å². The van der Waals surface area contributed by atoms with Crippen LogP contribution in [0.3, 0.4) is 0 Å². The van der Waals surface area contributed by atoms with Gasteiger partial charge < -0.3 is 9.59 Å². The van der Waals surface area contributed by atoms with E-state index < -0.39 is 0 Å². The van der Waals surface area contributed by atoms with Gasteiger partial charge in [-0.1, -0.05) is 0 Å². The van der Waals surface area contributed by atoms with E-state index >= 15 is 0 Å². The minimum atomic E-state index is 0. The van der Waals surface area contributed by atoms with Gasteiger partial charge >= 0.3 is 27.3 Å². The molecule has 0 aromatic rings.